The number of hydrogen-bond donors (Lipinski definition) is 0. The van der Waals surface area contributed by atoms with Crippen molar-refractivity contribution in [3.05, 3.63) is 11.6 Å². The van der Waals surface area contributed by atoms with E-state index < -0.39 is 0 Å². The van der Waals surface area contributed by atoms with Crippen molar-refractivity contribution in [1.82, 2.24) is 0 Å². The van der Waals surface area contributed by atoms with E-state index in [1.165, 1.54) is 24.8 Å². The van der Waals surface area contributed by atoms with Crippen LogP contribution in [0.4, 0.5) is 0 Å². The van der Waals surface area contributed by atoms with Crippen LogP contribution in [0.25, 0.3) is 0 Å². The standard InChI is InChI=1S/C13H24O/c1-10-7-6-8-12(9-10)11(2)14-13(3,4)5/h8,10-11H,6-7,9H2,1-5H3/t10-,11?/m1/s1. The summed E-state index contributed by atoms with van der Waals surface area (Å²) in [6.07, 6.45) is 6.45. The molecule has 0 fully saturated rings. The molecule has 1 rings (SSSR count). The van der Waals surface area contributed by atoms with Crippen LogP contribution in [-0.4, -0.2) is 11.7 Å². The highest BCUT2D eigenvalue weighted by atomic mass is 16.5. The molecule has 0 amide bonds. The van der Waals surface area contributed by atoms with Crippen LogP contribution in [0.15, 0.2) is 11.6 Å². The van der Waals surface area contributed by atoms with Crippen molar-refractivity contribution in [2.45, 2.75) is 65.6 Å². The van der Waals surface area contributed by atoms with Crippen LogP contribution >= 0.6 is 0 Å². The molecule has 0 aromatic carbocycles. The van der Waals surface area contributed by atoms with Crippen LogP contribution in [0, 0.1) is 5.92 Å². The SMILES string of the molecule is CC(OC(C)(C)C)C1=CCC[C@@H](C)C1. The van der Waals surface area contributed by atoms with Crippen molar-refractivity contribution >= 4 is 0 Å². The van der Waals surface area contributed by atoms with Gasteiger partial charge < -0.3 is 4.74 Å². The Hall–Kier alpha value is -0.300. The Labute approximate surface area is 88.5 Å². The van der Waals surface area contributed by atoms with Gasteiger partial charge in [0.2, 0.25) is 0 Å². The Morgan fingerprint density at radius 2 is 2.07 bits per heavy atom. The van der Waals surface area contributed by atoms with Crippen LogP contribution in [0.2, 0.25) is 0 Å². The molecule has 0 aromatic rings. The van der Waals surface area contributed by atoms with Gasteiger partial charge in [-0.15, -0.1) is 0 Å². The minimum atomic E-state index is -0.0268. The van der Waals surface area contributed by atoms with Gasteiger partial charge in [0.15, 0.2) is 0 Å². The molecule has 14 heavy (non-hydrogen) atoms. The molecule has 0 N–H and O–H groups in total. The highest BCUT2D eigenvalue weighted by molar-refractivity contribution is 5.11. The molecule has 0 radical (unpaired) electrons. The zero-order valence-electron chi connectivity index (χ0n) is 10.3. The topological polar surface area (TPSA) is 9.23 Å². The van der Waals surface area contributed by atoms with Gasteiger partial charge >= 0.3 is 0 Å². The Kier molecular flexibility index (Phi) is 3.77. The fraction of sp³-hybridized carbons (Fsp3) is 0.846. The van der Waals surface area contributed by atoms with E-state index in [2.05, 4.69) is 40.7 Å². The number of allylic oxidation sites excluding steroid dienone is 1. The van der Waals surface area contributed by atoms with Gasteiger partial charge in [-0.3, -0.25) is 0 Å². The summed E-state index contributed by atoms with van der Waals surface area (Å²) in [5.41, 5.74) is 1.47. The Bertz CT molecular complexity index is 210. The lowest BCUT2D eigenvalue weighted by Crippen LogP contribution is -2.28. The Balaban J connectivity index is 2.52. The van der Waals surface area contributed by atoms with Gasteiger partial charge in [-0.1, -0.05) is 13.0 Å². The molecule has 0 aliphatic heterocycles. The average molecular weight is 196 g/mol. The van der Waals surface area contributed by atoms with E-state index >= 15 is 0 Å². The van der Waals surface area contributed by atoms with E-state index in [1.807, 2.05) is 0 Å². The molecule has 0 aromatic heterocycles. The van der Waals surface area contributed by atoms with E-state index in [-0.39, 0.29) is 11.7 Å². The van der Waals surface area contributed by atoms with Crippen LogP contribution in [0.1, 0.15) is 53.9 Å². The molecule has 1 nitrogen and oxygen atoms in total. The van der Waals surface area contributed by atoms with Gasteiger partial charge in [-0.25, -0.2) is 0 Å². The summed E-state index contributed by atoms with van der Waals surface area (Å²) in [5.74, 6) is 0.834. The van der Waals surface area contributed by atoms with E-state index in [4.69, 9.17) is 4.74 Å². The maximum Gasteiger partial charge on any atom is 0.0764 e. The van der Waals surface area contributed by atoms with Crippen molar-refractivity contribution < 1.29 is 4.74 Å². The molecule has 1 aliphatic carbocycles. The van der Waals surface area contributed by atoms with Crippen LogP contribution in [-0.2, 0) is 4.74 Å². The predicted molar refractivity (Wildman–Crippen MR) is 61.4 cm³/mol. The molecular weight excluding hydrogens is 172 g/mol. The smallest absolute Gasteiger partial charge is 0.0764 e. The first-order valence-electron chi connectivity index (χ1n) is 5.75. The maximum absolute atomic E-state index is 5.96. The molecule has 0 saturated carbocycles. The van der Waals surface area contributed by atoms with E-state index in [0.717, 1.165) is 5.92 Å². The number of rotatable bonds is 2. The monoisotopic (exact) mass is 196 g/mol. The third-order valence-electron chi connectivity index (χ3n) is 2.70. The molecule has 0 bridgehead atoms. The molecular formula is C13H24O. The van der Waals surface area contributed by atoms with E-state index in [1.54, 1.807) is 0 Å². The minimum Gasteiger partial charge on any atom is -0.369 e. The Morgan fingerprint density at radius 1 is 1.43 bits per heavy atom. The van der Waals surface area contributed by atoms with Crippen LogP contribution in [0.3, 0.4) is 0 Å². The summed E-state index contributed by atoms with van der Waals surface area (Å²) in [7, 11) is 0. The zero-order chi connectivity index (χ0) is 10.8. The second-order valence-corrected chi connectivity index (χ2v) is 5.54. The normalized spacial score (nSPS) is 25.8. The second-order valence-electron chi connectivity index (χ2n) is 5.54. The van der Waals surface area contributed by atoms with Crippen molar-refractivity contribution in [1.29, 1.82) is 0 Å². The van der Waals surface area contributed by atoms with Gasteiger partial charge in [0, 0.05) is 0 Å². The van der Waals surface area contributed by atoms with Crippen molar-refractivity contribution in [2.75, 3.05) is 0 Å². The number of ether oxygens (including phenoxy) is 1. The third-order valence-corrected chi connectivity index (χ3v) is 2.70. The Morgan fingerprint density at radius 3 is 2.57 bits per heavy atom. The van der Waals surface area contributed by atoms with E-state index in [0.29, 0.717) is 0 Å². The quantitative estimate of drug-likeness (QED) is 0.608. The van der Waals surface area contributed by atoms with Crippen molar-refractivity contribution in [3.8, 4) is 0 Å². The average Bonchev–Trinajstić information content (AvgIpc) is 2.01. The molecule has 0 heterocycles. The lowest BCUT2D eigenvalue weighted by molar-refractivity contribution is -0.0371. The van der Waals surface area contributed by atoms with Gasteiger partial charge in [-0.2, -0.15) is 0 Å². The summed E-state index contributed by atoms with van der Waals surface area (Å²) >= 11 is 0. The third kappa shape index (κ3) is 3.83. The predicted octanol–water partition coefficient (Wildman–Crippen LogP) is 3.94. The summed E-state index contributed by atoms with van der Waals surface area (Å²) in [6, 6.07) is 0. The van der Waals surface area contributed by atoms with Crippen LogP contribution < -0.4 is 0 Å². The van der Waals surface area contributed by atoms with Gasteiger partial charge in [0.25, 0.3) is 0 Å². The molecule has 2 atom stereocenters. The first-order chi connectivity index (χ1) is 6.38. The highest BCUT2D eigenvalue weighted by Gasteiger charge is 2.21. The first-order valence-corrected chi connectivity index (χ1v) is 5.75. The van der Waals surface area contributed by atoms with Crippen LogP contribution in [0.5, 0.6) is 0 Å². The van der Waals surface area contributed by atoms with E-state index in [9.17, 15) is 0 Å². The van der Waals surface area contributed by atoms with Gasteiger partial charge in [0.1, 0.15) is 0 Å². The maximum atomic E-state index is 5.96. The molecule has 82 valence electrons. The second kappa shape index (κ2) is 4.48. The molecule has 0 saturated heterocycles. The lowest BCUT2D eigenvalue weighted by atomic mass is 9.88. The molecule has 1 unspecified atom stereocenters. The fourth-order valence-corrected chi connectivity index (χ4v) is 2.08. The van der Waals surface area contributed by atoms with Gasteiger partial charge in [-0.05, 0) is 58.4 Å². The van der Waals surface area contributed by atoms with Crippen molar-refractivity contribution in [3.63, 3.8) is 0 Å². The largest absolute Gasteiger partial charge is 0.369 e. The fourth-order valence-electron chi connectivity index (χ4n) is 2.08. The van der Waals surface area contributed by atoms with Gasteiger partial charge in [0.05, 0.1) is 11.7 Å². The van der Waals surface area contributed by atoms with Crippen molar-refractivity contribution in [2.24, 2.45) is 5.92 Å². The zero-order valence-corrected chi connectivity index (χ0v) is 10.3. The summed E-state index contributed by atoms with van der Waals surface area (Å²) in [4.78, 5) is 0. The highest BCUT2D eigenvalue weighted by Crippen LogP contribution is 2.28. The lowest BCUT2D eigenvalue weighted by Gasteiger charge is -2.30. The minimum absolute atomic E-state index is 0.0268. The number of hydrogen-bond acceptors (Lipinski definition) is 1. The molecule has 1 aliphatic rings. The summed E-state index contributed by atoms with van der Waals surface area (Å²) in [6.45, 7) is 10.9. The molecule has 0 spiro atoms. The first kappa shape index (κ1) is 11.8. The molecule has 1 heteroatoms. The summed E-state index contributed by atoms with van der Waals surface area (Å²) < 4.78 is 5.96. The summed E-state index contributed by atoms with van der Waals surface area (Å²) in [5, 5.41) is 0.